The standard InChI is InChI=1S/C36H47F3N4O3/c1-5-11-30-27(13-9-20-43(30)34(45)32-29(36(37,38)39)15-8-19-41-32)33(44)42-21-17-35(24-40,18-22-42)28-14-6-7-16-31(28)46-23-10-12-26(4)25(2)3/h6-8,14-16,19,25-27,30H,5,9-13,17-18,20-23H2,1-4H3. The van der Waals surface area contributed by atoms with E-state index in [1.807, 2.05) is 31.2 Å². The van der Waals surface area contributed by atoms with Crippen LogP contribution < -0.4 is 4.74 Å². The number of halogens is 3. The summed E-state index contributed by atoms with van der Waals surface area (Å²) in [6, 6.07) is 11.7. The van der Waals surface area contributed by atoms with Crippen molar-refractivity contribution in [1.82, 2.24) is 14.8 Å². The molecule has 0 radical (unpaired) electrons. The lowest BCUT2D eigenvalue weighted by Gasteiger charge is -2.44. The number of alkyl halides is 3. The Balaban J connectivity index is 1.47. The van der Waals surface area contributed by atoms with Crippen molar-refractivity contribution in [2.45, 2.75) is 96.7 Å². The minimum absolute atomic E-state index is 0.108. The van der Waals surface area contributed by atoms with E-state index in [1.165, 1.54) is 17.2 Å². The molecular weight excluding hydrogens is 593 g/mol. The highest BCUT2D eigenvalue weighted by atomic mass is 19.4. The van der Waals surface area contributed by atoms with Crippen LogP contribution in [0.3, 0.4) is 0 Å². The van der Waals surface area contributed by atoms with Gasteiger partial charge in [0.05, 0.1) is 29.6 Å². The van der Waals surface area contributed by atoms with E-state index in [2.05, 4.69) is 31.8 Å². The fraction of sp³-hybridized carbons (Fsp3) is 0.611. The summed E-state index contributed by atoms with van der Waals surface area (Å²) in [4.78, 5) is 34.6. The number of aromatic nitrogens is 1. The summed E-state index contributed by atoms with van der Waals surface area (Å²) in [7, 11) is 0. The molecule has 1 aromatic carbocycles. The van der Waals surface area contributed by atoms with Gasteiger partial charge in [0.2, 0.25) is 5.91 Å². The minimum atomic E-state index is -4.72. The smallest absolute Gasteiger partial charge is 0.418 e. The van der Waals surface area contributed by atoms with E-state index in [1.54, 1.807) is 4.90 Å². The number of hydrogen-bond donors (Lipinski definition) is 0. The van der Waals surface area contributed by atoms with Crippen LogP contribution in [0.25, 0.3) is 0 Å². The molecular formula is C36H47F3N4O3. The lowest BCUT2D eigenvalue weighted by Crippen LogP contribution is -2.55. The Kier molecular flexibility index (Phi) is 11.7. The lowest BCUT2D eigenvalue weighted by molar-refractivity contribution is -0.141. The van der Waals surface area contributed by atoms with Crippen LogP contribution >= 0.6 is 0 Å². The summed E-state index contributed by atoms with van der Waals surface area (Å²) < 4.78 is 47.4. The van der Waals surface area contributed by atoms with Gasteiger partial charge >= 0.3 is 6.18 Å². The number of carbonyl (C=O) groups excluding carboxylic acids is 2. The summed E-state index contributed by atoms with van der Waals surface area (Å²) in [6.45, 7) is 10.2. The maximum atomic E-state index is 14.0. The number of nitrogens with zero attached hydrogens (tertiary/aromatic N) is 4. The molecule has 0 spiro atoms. The molecule has 2 fully saturated rings. The van der Waals surface area contributed by atoms with Gasteiger partial charge < -0.3 is 14.5 Å². The van der Waals surface area contributed by atoms with Gasteiger partial charge in [0.1, 0.15) is 11.4 Å². The number of carbonyl (C=O) groups is 2. The highest BCUT2D eigenvalue weighted by molar-refractivity contribution is 5.95. The number of pyridine rings is 1. The van der Waals surface area contributed by atoms with E-state index in [9.17, 15) is 28.0 Å². The highest BCUT2D eigenvalue weighted by Gasteiger charge is 2.45. The van der Waals surface area contributed by atoms with Crippen LogP contribution in [0.2, 0.25) is 0 Å². The number of para-hydroxylation sites is 1. The molecule has 0 saturated carbocycles. The fourth-order valence-corrected chi connectivity index (χ4v) is 6.88. The number of hydrogen-bond acceptors (Lipinski definition) is 5. The summed E-state index contributed by atoms with van der Waals surface area (Å²) in [5, 5.41) is 10.5. The van der Waals surface area contributed by atoms with Crippen molar-refractivity contribution in [2.75, 3.05) is 26.2 Å². The fourth-order valence-electron chi connectivity index (χ4n) is 6.88. The monoisotopic (exact) mass is 640 g/mol. The quantitative estimate of drug-likeness (QED) is 0.236. The number of ether oxygens (including phenoxy) is 1. The van der Waals surface area contributed by atoms with E-state index in [0.29, 0.717) is 75.8 Å². The van der Waals surface area contributed by atoms with Crippen LogP contribution in [0.5, 0.6) is 5.75 Å². The summed E-state index contributed by atoms with van der Waals surface area (Å²) in [6.07, 6.45) is 1.55. The van der Waals surface area contributed by atoms with Gasteiger partial charge in [0, 0.05) is 37.4 Å². The number of amides is 2. The molecule has 250 valence electrons. The van der Waals surface area contributed by atoms with Crippen molar-refractivity contribution in [1.29, 1.82) is 5.26 Å². The third-order valence-electron chi connectivity index (χ3n) is 10.0. The van der Waals surface area contributed by atoms with Gasteiger partial charge in [-0.25, -0.2) is 0 Å². The van der Waals surface area contributed by atoms with Gasteiger partial charge in [-0.15, -0.1) is 0 Å². The molecule has 2 aromatic rings. The molecule has 0 aliphatic carbocycles. The first-order valence-electron chi connectivity index (χ1n) is 16.7. The second-order valence-electron chi connectivity index (χ2n) is 13.2. The van der Waals surface area contributed by atoms with Crippen LogP contribution in [-0.2, 0) is 16.4 Å². The minimum Gasteiger partial charge on any atom is -0.493 e. The highest BCUT2D eigenvalue weighted by Crippen LogP contribution is 2.41. The van der Waals surface area contributed by atoms with Crippen molar-refractivity contribution < 1.29 is 27.5 Å². The van der Waals surface area contributed by atoms with Crippen LogP contribution in [0.15, 0.2) is 42.6 Å². The molecule has 2 aliphatic heterocycles. The van der Waals surface area contributed by atoms with E-state index in [4.69, 9.17) is 4.74 Å². The molecule has 2 amide bonds. The Morgan fingerprint density at radius 2 is 1.83 bits per heavy atom. The normalized spacial score (nSPS) is 20.7. The lowest BCUT2D eigenvalue weighted by atomic mass is 9.73. The summed E-state index contributed by atoms with van der Waals surface area (Å²) in [5.74, 6) is 0.487. The van der Waals surface area contributed by atoms with Gasteiger partial charge in [0.15, 0.2) is 0 Å². The van der Waals surface area contributed by atoms with E-state index in [-0.39, 0.29) is 12.5 Å². The molecule has 7 nitrogen and oxygen atoms in total. The largest absolute Gasteiger partial charge is 0.493 e. The Labute approximate surface area is 271 Å². The molecule has 0 N–H and O–H groups in total. The topological polar surface area (TPSA) is 86.5 Å². The summed E-state index contributed by atoms with van der Waals surface area (Å²) >= 11 is 0. The van der Waals surface area contributed by atoms with E-state index in [0.717, 1.165) is 24.5 Å². The van der Waals surface area contributed by atoms with Crippen molar-refractivity contribution in [3.8, 4) is 11.8 Å². The third kappa shape index (κ3) is 7.84. The van der Waals surface area contributed by atoms with Crippen molar-refractivity contribution in [3.05, 3.63) is 59.4 Å². The molecule has 3 heterocycles. The molecule has 3 atom stereocenters. The second-order valence-corrected chi connectivity index (χ2v) is 13.2. The predicted octanol–water partition coefficient (Wildman–Crippen LogP) is 7.66. The van der Waals surface area contributed by atoms with Crippen molar-refractivity contribution >= 4 is 11.8 Å². The first-order chi connectivity index (χ1) is 21.9. The maximum Gasteiger partial charge on any atom is 0.418 e. The van der Waals surface area contributed by atoms with Gasteiger partial charge in [-0.05, 0) is 75.0 Å². The number of benzene rings is 1. The zero-order valence-corrected chi connectivity index (χ0v) is 27.5. The second kappa shape index (κ2) is 15.3. The van der Waals surface area contributed by atoms with Gasteiger partial charge in [-0.2, -0.15) is 18.4 Å². The molecule has 3 unspecified atom stereocenters. The van der Waals surface area contributed by atoms with Crippen LogP contribution in [-0.4, -0.2) is 58.9 Å². The zero-order valence-electron chi connectivity index (χ0n) is 27.5. The SMILES string of the molecule is CCCC1C(C(=O)N2CCC(C#N)(c3ccccc3OCCCC(C)C(C)C)CC2)CCCN1C(=O)c1ncccc1C(F)(F)F. The molecule has 4 rings (SSSR count). The molecule has 2 aliphatic rings. The number of likely N-dealkylation sites (tertiary alicyclic amines) is 2. The zero-order chi connectivity index (χ0) is 33.5. The van der Waals surface area contributed by atoms with Gasteiger partial charge in [0.25, 0.3) is 5.91 Å². The molecule has 46 heavy (non-hydrogen) atoms. The molecule has 2 saturated heterocycles. The number of nitriles is 1. The summed E-state index contributed by atoms with van der Waals surface area (Å²) in [5.41, 5.74) is -1.66. The first kappa shape index (κ1) is 35.2. The maximum absolute atomic E-state index is 14.0. The Hall–Kier alpha value is -3.61. The Bertz CT molecular complexity index is 1380. The van der Waals surface area contributed by atoms with Crippen molar-refractivity contribution in [3.63, 3.8) is 0 Å². The number of piperidine rings is 2. The molecule has 1 aromatic heterocycles. The average Bonchev–Trinajstić information content (AvgIpc) is 3.06. The third-order valence-corrected chi connectivity index (χ3v) is 10.0. The van der Waals surface area contributed by atoms with Crippen molar-refractivity contribution in [2.24, 2.45) is 17.8 Å². The predicted molar refractivity (Wildman–Crippen MR) is 170 cm³/mol. The van der Waals surface area contributed by atoms with Gasteiger partial charge in [-0.1, -0.05) is 52.3 Å². The van der Waals surface area contributed by atoms with E-state index >= 15 is 0 Å². The Morgan fingerprint density at radius 3 is 2.48 bits per heavy atom. The molecule has 0 bridgehead atoms. The first-order valence-corrected chi connectivity index (χ1v) is 16.7. The van der Waals surface area contributed by atoms with Gasteiger partial charge in [-0.3, -0.25) is 14.6 Å². The van der Waals surface area contributed by atoms with Crippen LogP contribution in [0, 0.1) is 29.1 Å². The van der Waals surface area contributed by atoms with Crippen LogP contribution in [0.4, 0.5) is 13.2 Å². The average molecular weight is 641 g/mol. The van der Waals surface area contributed by atoms with Crippen LogP contribution in [0.1, 0.15) is 101 Å². The molecule has 10 heteroatoms. The Morgan fingerprint density at radius 1 is 1.11 bits per heavy atom. The van der Waals surface area contributed by atoms with E-state index < -0.39 is 40.7 Å². The number of rotatable bonds is 11.